The maximum Gasteiger partial charge on any atom is 0.315 e. The Morgan fingerprint density at radius 2 is 1.68 bits per heavy atom. The number of urea groups is 1. The van der Waals surface area contributed by atoms with Gasteiger partial charge in [-0.1, -0.05) is 99.4 Å². The van der Waals surface area contributed by atoms with E-state index in [0.717, 1.165) is 6.42 Å². The quantitative estimate of drug-likeness (QED) is 0.145. The minimum Gasteiger partial charge on any atom is -0.494 e. The van der Waals surface area contributed by atoms with Crippen molar-refractivity contribution in [2.75, 3.05) is 13.1 Å². The van der Waals surface area contributed by atoms with Gasteiger partial charge in [0.25, 0.3) is 11.5 Å². The Hall–Kier alpha value is -4.68. The maximum absolute atomic E-state index is 14.5. The molecule has 1 aromatic heterocycles. The second-order valence-electron chi connectivity index (χ2n) is 17.3. The molecule has 0 radical (unpaired) electrons. The Labute approximate surface area is 312 Å². The number of carbonyl (C=O) groups excluding carboxylic acids is 5. The molecule has 1 aliphatic heterocycles. The second kappa shape index (κ2) is 15.7. The van der Waals surface area contributed by atoms with Crippen molar-refractivity contribution in [2.45, 2.75) is 112 Å². The first-order valence-corrected chi connectivity index (χ1v) is 18.6. The predicted molar refractivity (Wildman–Crippen MR) is 204 cm³/mol. The molecule has 2 fully saturated rings. The number of amides is 5. The number of aromatic nitrogens is 1. The van der Waals surface area contributed by atoms with Gasteiger partial charge in [0.05, 0.1) is 12.1 Å². The summed E-state index contributed by atoms with van der Waals surface area (Å²) >= 11 is 0. The van der Waals surface area contributed by atoms with Gasteiger partial charge in [-0.15, -0.1) is 6.58 Å². The fourth-order valence-electron chi connectivity index (χ4n) is 7.49. The van der Waals surface area contributed by atoms with Crippen molar-refractivity contribution in [2.24, 2.45) is 28.1 Å². The van der Waals surface area contributed by atoms with Crippen LogP contribution in [0.1, 0.15) is 81.6 Å². The number of nitrogens with zero attached hydrogens (tertiary/aromatic N) is 2. The van der Waals surface area contributed by atoms with Crippen molar-refractivity contribution in [1.29, 1.82) is 0 Å². The molecule has 290 valence electrons. The van der Waals surface area contributed by atoms with Gasteiger partial charge in [-0.25, -0.2) is 4.79 Å². The topological polar surface area (TPSA) is 179 Å². The summed E-state index contributed by atoms with van der Waals surface area (Å²) in [5, 5.41) is 23.3. The zero-order chi connectivity index (χ0) is 39.6. The van der Waals surface area contributed by atoms with E-state index >= 15 is 0 Å². The molecule has 5 amide bonds. The Morgan fingerprint density at radius 1 is 1.02 bits per heavy atom. The van der Waals surface area contributed by atoms with Gasteiger partial charge in [0.15, 0.2) is 0 Å². The number of aromatic hydroxyl groups is 1. The van der Waals surface area contributed by atoms with E-state index in [0.29, 0.717) is 23.7 Å². The van der Waals surface area contributed by atoms with E-state index in [4.69, 9.17) is 0 Å². The molecular formula is C40H58N6O7. The van der Waals surface area contributed by atoms with Crippen molar-refractivity contribution in [3.63, 3.8) is 0 Å². The smallest absolute Gasteiger partial charge is 0.315 e. The zero-order valence-electron chi connectivity index (χ0n) is 32.7. The summed E-state index contributed by atoms with van der Waals surface area (Å²) in [4.78, 5) is 82.7. The van der Waals surface area contributed by atoms with Gasteiger partial charge in [0.1, 0.15) is 12.1 Å². The number of unbranched alkanes of at least 4 members (excludes halogenated alkanes) is 1. The lowest BCUT2D eigenvalue weighted by atomic mass is 9.85. The van der Waals surface area contributed by atoms with Crippen LogP contribution in [-0.2, 0) is 25.7 Å². The monoisotopic (exact) mass is 734 g/mol. The highest BCUT2D eigenvalue weighted by Gasteiger charge is 2.70. The fourth-order valence-corrected chi connectivity index (χ4v) is 7.49. The van der Waals surface area contributed by atoms with E-state index in [2.05, 4.69) is 27.8 Å². The van der Waals surface area contributed by atoms with Gasteiger partial charge < -0.3 is 31.3 Å². The van der Waals surface area contributed by atoms with Gasteiger partial charge in [-0.2, -0.15) is 0 Å². The van der Waals surface area contributed by atoms with Crippen molar-refractivity contribution in [3.8, 4) is 5.88 Å². The fraction of sp³-hybridized carbons (Fsp3) is 0.600. The summed E-state index contributed by atoms with van der Waals surface area (Å²) in [7, 11) is 0. The van der Waals surface area contributed by atoms with E-state index in [9.17, 15) is 33.9 Å². The van der Waals surface area contributed by atoms with Crippen molar-refractivity contribution >= 4 is 40.3 Å². The average Bonchev–Trinajstić information content (AvgIpc) is 3.37. The van der Waals surface area contributed by atoms with Crippen molar-refractivity contribution in [1.82, 2.24) is 30.7 Å². The second-order valence-corrected chi connectivity index (χ2v) is 17.3. The third-order valence-corrected chi connectivity index (χ3v) is 11.0. The number of nitrogens with one attached hydrogen (secondary N) is 4. The molecule has 1 unspecified atom stereocenters. The van der Waals surface area contributed by atoms with Crippen molar-refractivity contribution < 1.29 is 29.1 Å². The summed E-state index contributed by atoms with van der Waals surface area (Å²) in [6, 6.07) is 4.12. The molecule has 13 nitrogen and oxygen atoms in total. The number of Topliss-reactive ketones (excluding diaryl/α,β-unsaturated/α-hetero) is 1. The number of benzene rings is 1. The number of hydrogen-bond acceptors (Lipinski definition) is 7. The number of likely N-dealkylation sites (tertiary alicyclic amines) is 1. The summed E-state index contributed by atoms with van der Waals surface area (Å²) in [6.45, 7) is 21.1. The third-order valence-electron chi connectivity index (χ3n) is 11.0. The van der Waals surface area contributed by atoms with Gasteiger partial charge in [-0.3, -0.25) is 28.5 Å². The first-order valence-electron chi connectivity index (χ1n) is 18.6. The Kier molecular flexibility index (Phi) is 12.2. The molecule has 4 rings (SSSR count). The molecule has 1 saturated carbocycles. The molecule has 1 aromatic carbocycles. The molecule has 2 heterocycles. The number of carbonyl (C=O) groups is 5. The van der Waals surface area contributed by atoms with Crippen LogP contribution in [0.25, 0.3) is 10.8 Å². The Bertz CT molecular complexity index is 1800. The SMILES string of the molecule is C=CCNC(=O)C(=O)C(CCCC)NC(=O)[C@@H]1[C@@H]2[C@H](CN1C(=O)[C@@H](NC(=O)N[C@H](Cn1c(O)c3ccccc3cc1=O)C(C)(C)C)C(C)(C)C)C2(C)C. The van der Waals surface area contributed by atoms with Crippen LogP contribution in [0.2, 0.25) is 0 Å². The van der Waals surface area contributed by atoms with Crippen LogP contribution >= 0.6 is 0 Å². The number of ketones is 1. The van der Waals surface area contributed by atoms with E-state index in [-0.39, 0.29) is 42.6 Å². The lowest BCUT2D eigenvalue weighted by Crippen LogP contribution is -2.62. The molecule has 1 saturated heterocycles. The molecular weight excluding hydrogens is 676 g/mol. The van der Waals surface area contributed by atoms with Crippen LogP contribution in [-0.4, -0.2) is 81.4 Å². The molecule has 2 aliphatic rings. The van der Waals surface area contributed by atoms with Gasteiger partial charge in [-0.05, 0) is 46.0 Å². The van der Waals surface area contributed by atoms with Crippen LogP contribution in [0.5, 0.6) is 5.88 Å². The summed E-state index contributed by atoms with van der Waals surface area (Å²) in [5.41, 5.74) is -2.01. The normalized spacial score (nSPS) is 20.8. The van der Waals surface area contributed by atoms with E-state index < -0.39 is 70.1 Å². The predicted octanol–water partition coefficient (Wildman–Crippen LogP) is 3.87. The highest BCUT2D eigenvalue weighted by molar-refractivity contribution is 6.38. The van der Waals surface area contributed by atoms with Crippen LogP contribution < -0.4 is 26.8 Å². The van der Waals surface area contributed by atoms with E-state index in [1.165, 1.54) is 21.6 Å². The van der Waals surface area contributed by atoms with Crippen LogP contribution in [0.3, 0.4) is 0 Å². The highest BCUT2D eigenvalue weighted by atomic mass is 16.3. The molecule has 5 N–H and O–H groups in total. The molecule has 1 aliphatic carbocycles. The Balaban J connectivity index is 1.57. The van der Waals surface area contributed by atoms with Gasteiger partial charge in [0, 0.05) is 31.1 Å². The summed E-state index contributed by atoms with van der Waals surface area (Å²) in [5.74, 6) is -2.85. The maximum atomic E-state index is 14.5. The van der Waals surface area contributed by atoms with Crippen LogP contribution in [0, 0.1) is 28.1 Å². The number of pyridine rings is 1. The molecule has 2 aromatic rings. The number of piperidine rings is 1. The van der Waals surface area contributed by atoms with Crippen molar-refractivity contribution in [3.05, 3.63) is 53.3 Å². The number of rotatable bonds is 14. The molecule has 0 bridgehead atoms. The van der Waals surface area contributed by atoms with Crippen LogP contribution in [0.15, 0.2) is 47.8 Å². The standard InChI is InChI=1S/C40H58N6O7/c1-11-13-18-26(31(48)34(50)41-19-12-2)42-33(49)30-29-25(40(29,9)10)21-46(30)36(52)32(39(6,7)8)44-37(53)43-27(38(3,4)5)22-45-28(47)20-23-16-14-15-17-24(23)35(45)51/h12,14-17,20,25-27,29-30,32,51H,2,11,13,18-19,21-22H2,1,3-10H3,(H,41,50)(H,42,49)(H2,43,44,53)/t25-,26?,27+,29-,30-,32+/m0/s1. The number of fused-ring (bicyclic) bond motifs is 2. The van der Waals surface area contributed by atoms with Crippen LogP contribution in [0.4, 0.5) is 4.79 Å². The highest BCUT2D eigenvalue weighted by Crippen LogP contribution is 2.65. The molecule has 0 spiro atoms. The lowest BCUT2D eigenvalue weighted by Gasteiger charge is -2.38. The molecule has 53 heavy (non-hydrogen) atoms. The largest absolute Gasteiger partial charge is 0.494 e. The average molecular weight is 735 g/mol. The number of hydrogen-bond donors (Lipinski definition) is 5. The van der Waals surface area contributed by atoms with E-state index in [1.54, 1.807) is 24.3 Å². The summed E-state index contributed by atoms with van der Waals surface area (Å²) < 4.78 is 1.23. The van der Waals surface area contributed by atoms with E-state index in [1.807, 2.05) is 62.3 Å². The third kappa shape index (κ3) is 8.93. The first-order chi connectivity index (χ1) is 24.6. The zero-order valence-corrected chi connectivity index (χ0v) is 32.7. The first kappa shape index (κ1) is 41.1. The lowest BCUT2D eigenvalue weighted by molar-refractivity contribution is -0.145. The minimum atomic E-state index is -1.06. The van der Waals surface area contributed by atoms with Gasteiger partial charge >= 0.3 is 6.03 Å². The Morgan fingerprint density at radius 3 is 2.28 bits per heavy atom. The molecule has 13 heteroatoms. The minimum absolute atomic E-state index is 0.0309. The van der Waals surface area contributed by atoms with Gasteiger partial charge in [0.2, 0.25) is 23.5 Å². The summed E-state index contributed by atoms with van der Waals surface area (Å²) in [6.07, 6.45) is 3.08. The molecule has 6 atom stereocenters.